The minimum absolute atomic E-state index is 0.0185. The van der Waals surface area contributed by atoms with Gasteiger partial charge in [-0.25, -0.2) is 4.79 Å². The number of nitrogens with two attached hydrogens (primary N) is 1. The van der Waals surface area contributed by atoms with Gasteiger partial charge < -0.3 is 10.8 Å². The van der Waals surface area contributed by atoms with Crippen LogP contribution in [0.4, 0.5) is 5.69 Å². The van der Waals surface area contributed by atoms with Crippen LogP contribution in [-0.4, -0.2) is 21.9 Å². The summed E-state index contributed by atoms with van der Waals surface area (Å²) in [5.41, 5.74) is 6.40. The number of halogens is 1. The summed E-state index contributed by atoms with van der Waals surface area (Å²) in [5.74, 6) is -0.619. The van der Waals surface area contributed by atoms with Gasteiger partial charge >= 0.3 is 5.97 Å². The van der Waals surface area contributed by atoms with E-state index in [1.807, 2.05) is 0 Å². The minimum Gasteiger partial charge on any atom is -0.478 e. The van der Waals surface area contributed by atoms with Crippen molar-refractivity contribution in [2.45, 2.75) is 6.92 Å². The number of carboxylic acid groups (broad SMARTS) is 1. The molecular formula is C12H12ClNO3S. The average Bonchev–Trinajstić information content (AvgIpc) is 2.27. The highest BCUT2D eigenvalue weighted by atomic mass is 35.5. The van der Waals surface area contributed by atoms with Crippen LogP contribution in [0.5, 0.6) is 0 Å². The molecule has 1 rings (SSSR count). The first-order valence-corrected chi connectivity index (χ1v) is 6.40. The number of thioether (sulfide) groups is 1. The molecule has 0 heterocycles. The standard InChI is InChI=1S/C12H12ClNO3S/c1-7(15)18-4-2-3-8-5-9(13)6-10(11(8)14)12(16)17/h2-3,5-6H,4,14H2,1H3,(H,16,17). The topological polar surface area (TPSA) is 80.4 Å². The Morgan fingerprint density at radius 3 is 2.72 bits per heavy atom. The van der Waals surface area contributed by atoms with Gasteiger partial charge in [0.1, 0.15) is 0 Å². The normalized spacial score (nSPS) is 10.8. The molecule has 1 aromatic rings. The Balaban J connectivity index is 2.95. The maximum atomic E-state index is 10.9. The first kappa shape index (κ1) is 14.6. The lowest BCUT2D eigenvalue weighted by molar-refractivity contribution is -0.109. The van der Waals surface area contributed by atoms with Gasteiger partial charge in [-0.05, 0) is 17.7 Å². The Morgan fingerprint density at radius 2 is 2.17 bits per heavy atom. The maximum Gasteiger partial charge on any atom is 0.337 e. The van der Waals surface area contributed by atoms with Gasteiger partial charge in [-0.15, -0.1) is 0 Å². The van der Waals surface area contributed by atoms with Crippen LogP contribution < -0.4 is 5.73 Å². The van der Waals surface area contributed by atoms with E-state index in [-0.39, 0.29) is 16.4 Å². The molecule has 0 aromatic heterocycles. The summed E-state index contributed by atoms with van der Waals surface area (Å²) in [6.45, 7) is 1.48. The second-order valence-electron chi connectivity index (χ2n) is 3.47. The van der Waals surface area contributed by atoms with Gasteiger partial charge in [0.15, 0.2) is 5.12 Å². The molecule has 6 heteroatoms. The molecule has 0 saturated heterocycles. The van der Waals surface area contributed by atoms with E-state index < -0.39 is 5.97 Å². The Hall–Kier alpha value is -1.46. The molecule has 4 nitrogen and oxygen atoms in total. The SMILES string of the molecule is CC(=O)SCC=Cc1cc(Cl)cc(C(=O)O)c1N. The lowest BCUT2D eigenvalue weighted by Crippen LogP contribution is -2.04. The molecule has 0 amide bonds. The molecule has 0 radical (unpaired) electrons. The first-order valence-electron chi connectivity index (χ1n) is 5.04. The highest BCUT2D eigenvalue weighted by Crippen LogP contribution is 2.24. The van der Waals surface area contributed by atoms with Gasteiger partial charge in [-0.2, -0.15) is 0 Å². The molecule has 0 bridgehead atoms. The van der Waals surface area contributed by atoms with Crippen LogP contribution in [0, 0.1) is 0 Å². The molecule has 3 N–H and O–H groups in total. The molecular weight excluding hydrogens is 274 g/mol. The zero-order valence-corrected chi connectivity index (χ0v) is 11.2. The van der Waals surface area contributed by atoms with E-state index in [1.54, 1.807) is 18.2 Å². The number of nitrogen functional groups attached to an aromatic ring is 1. The van der Waals surface area contributed by atoms with Crippen molar-refractivity contribution >= 4 is 46.2 Å². The molecule has 0 aliphatic carbocycles. The van der Waals surface area contributed by atoms with Gasteiger partial charge in [0.05, 0.1) is 11.3 Å². The first-order chi connectivity index (χ1) is 8.41. The van der Waals surface area contributed by atoms with Crippen molar-refractivity contribution in [3.63, 3.8) is 0 Å². The Morgan fingerprint density at radius 1 is 1.50 bits per heavy atom. The van der Waals surface area contributed by atoms with Crippen LogP contribution in [0.1, 0.15) is 22.8 Å². The van der Waals surface area contributed by atoms with Crippen molar-refractivity contribution in [2.24, 2.45) is 0 Å². The molecule has 0 fully saturated rings. The summed E-state index contributed by atoms with van der Waals surface area (Å²) in [4.78, 5) is 21.7. The predicted octanol–water partition coefficient (Wildman–Crippen LogP) is 2.91. The van der Waals surface area contributed by atoms with Crippen molar-refractivity contribution in [3.05, 3.63) is 34.4 Å². The van der Waals surface area contributed by atoms with Gasteiger partial charge in [0.25, 0.3) is 0 Å². The van der Waals surface area contributed by atoms with E-state index in [4.69, 9.17) is 22.4 Å². The van der Waals surface area contributed by atoms with Crippen LogP contribution in [0.3, 0.4) is 0 Å². The number of hydrogen-bond acceptors (Lipinski definition) is 4. The highest BCUT2D eigenvalue weighted by molar-refractivity contribution is 8.13. The summed E-state index contributed by atoms with van der Waals surface area (Å²) < 4.78 is 0. The molecule has 0 saturated carbocycles. The van der Waals surface area contributed by atoms with E-state index in [0.717, 1.165) is 11.8 Å². The fourth-order valence-corrected chi connectivity index (χ4v) is 1.95. The number of carbonyl (C=O) groups is 2. The van der Waals surface area contributed by atoms with Crippen LogP contribution in [0.15, 0.2) is 18.2 Å². The highest BCUT2D eigenvalue weighted by Gasteiger charge is 2.11. The van der Waals surface area contributed by atoms with Gasteiger partial charge in [-0.3, -0.25) is 4.79 Å². The number of rotatable bonds is 4. The lowest BCUT2D eigenvalue weighted by atomic mass is 10.1. The number of carbonyl (C=O) groups excluding carboxylic acids is 1. The lowest BCUT2D eigenvalue weighted by Gasteiger charge is -2.05. The minimum atomic E-state index is -1.12. The monoisotopic (exact) mass is 285 g/mol. The fourth-order valence-electron chi connectivity index (χ4n) is 1.29. The van der Waals surface area contributed by atoms with E-state index in [9.17, 15) is 9.59 Å². The fraction of sp³-hybridized carbons (Fsp3) is 0.167. The number of aromatic carboxylic acids is 1. The largest absolute Gasteiger partial charge is 0.478 e. The number of hydrogen-bond donors (Lipinski definition) is 2. The van der Waals surface area contributed by atoms with Crippen molar-refractivity contribution in [2.75, 3.05) is 11.5 Å². The maximum absolute atomic E-state index is 10.9. The number of anilines is 1. The second-order valence-corrected chi connectivity index (χ2v) is 5.10. The Kier molecular flexibility index (Phi) is 5.25. The van der Waals surface area contributed by atoms with Crippen molar-refractivity contribution < 1.29 is 14.7 Å². The molecule has 1 aromatic carbocycles. The summed E-state index contributed by atoms with van der Waals surface area (Å²) in [5, 5.41) is 9.27. The van der Waals surface area contributed by atoms with E-state index in [0.29, 0.717) is 16.3 Å². The van der Waals surface area contributed by atoms with Crippen LogP contribution >= 0.6 is 23.4 Å². The third-order valence-electron chi connectivity index (χ3n) is 2.09. The number of carboxylic acids is 1. The second kappa shape index (κ2) is 6.47. The molecule has 0 atom stereocenters. The smallest absolute Gasteiger partial charge is 0.337 e. The summed E-state index contributed by atoms with van der Waals surface area (Å²) in [6.07, 6.45) is 3.39. The van der Waals surface area contributed by atoms with E-state index in [2.05, 4.69) is 0 Å². The quantitative estimate of drug-likeness (QED) is 0.832. The van der Waals surface area contributed by atoms with E-state index in [1.165, 1.54) is 13.0 Å². The number of benzene rings is 1. The molecule has 0 unspecified atom stereocenters. The van der Waals surface area contributed by atoms with Gasteiger partial charge in [-0.1, -0.05) is 35.5 Å². The molecule has 0 aliphatic heterocycles. The predicted molar refractivity (Wildman–Crippen MR) is 75.0 cm³/mol. The van der Waals surface area contributed by atoms with Gasteiger partial charge in [0.2, 0.25) is 0 Å². The van der Waals surface area contributed by atoms with Crippen molar-refractivity contribution in [3.8, 4) is 0 Å². The molecule has 0 spiro atoms. The molecule has 96 valence electrons. The molecule has 0 aliphatic rings. The van der Waals surface area contributed by atoms with Crippen molar-refractivity contribution in [1.82, 2.24) is 0 Å². The zero-order chi connectivity index (χ0) is 13.7. The Bertz CT molecular complexity index is 514. The third kappa shape index (κ3) is 4.09. The average molecular weight is 286 g/mol. The Labute approximate surface area is 114 Å². The van der Waals surface area contributed by atoms with Crippen molar-refractivity contribution in [1.29, 1.82) is 0 Å². The van der Waals surface area contributed by atoms with Crippen LogP contribution in [-0.2, 0) is 4.79 Å². The van der Waals surface area contributed by atoms with Crippen LogP contribution in [0.25, 0.3) is 6.08 Å². The summed E-state index contributed by atoms with van der Waals surface area (Å²) in [7, 11) is 0. The van der Waals surface area contributed by atoms with Gasteiger partial charge in [0, 0.05) is 17.7 Å². The third-order valence-corrected chi connectivity index (χ3v) is 3.07. The zero-order valence-electron chi connectivity index (χ0n) is 9.64. The van der Waals surface area contributed by atoms with Crippen LogP contribution in [0.2, 0.25) is 5.02 Å². The summed E-state index contributed by atoms with van der Waals surface area (Å²) >= 11 is 6.97. The molecule has 18 heavy (non-hydrogen) atoms. The van der Waals surface area contributed by atoms with E-state index >= 15 is 0 Å². The summed E-state index contributed by atoms with van der Waals surface area (Å²) in [6, 6.07) is 2.89.